The second kappa shape index (κ2) is 4.99. The first-order valence-corrected chi connectivity index (χ1v) is 5.40. The van der Waals surface area contributed by atoms with Gasteiger partial charge in [-0.05, 0) is 25.0 Å². The number of nitrogens with one attached hydrogen (secondary N) is 1. The lowest BCUT2D eigenvalue weighted by Crippen LogP contribution is -2.04. The summed E-state index contributed by atoms with van der Waals surface area (Å²) >= 11 is 0. The van der Waals surface area contributed by atoms with Crippen LogP contribution in [-0.4, -0.2) is 25.2 Å². The minimum absolute atomic E-state index is 0.584. The molecule has 0 fully saturated rings. The number of ether oxygens (including phenoxy) is 1. The maximum atomic E-state index is 5.57. The fourth-order valence-electron chi connectivity index (χ4n) is 1.57. The van der Waals surface area contributed by atoms with Crippen LogP contribution < -0.4 is 5.32 Å². The Hall–Kier alpha value is -1.55. The van der Waals surface area contributed by atoms with Crippen LogP contribution >= 0.6 is 0 Å². The van der Waals surface area contributed by atoms with Gasteiger partial charge in [0.15, 0.2) is 5.58 Å². The normalized spacial score (nSPS) is 10.9. The molecule has 1 aromatic heterocycles. The summed E-state index contributed by atoms with van der Waals surface area (Å²) in [5.74, 6) is 0. The largest absolute Gasteiger partial charge is 0.424 e. The third-order valence-electron chi connectivity index (χ3n) is 2.42. The smallest absolute Gasteiger partial charge is 0.295 e. The number of rotatable bonds is 5. The van der Waals surface area contributed by atoms with Gasteiger partial charge in [-0.1, -0.05) is 12.1 Å². The summed E-state index contributed by atoms with van der Waals surface area (Å²) in [5, 5.41) is 3.14. The molecule has 1 aromatic carbocycles. The fraction of sp³-hybridized carbons (Fsp3) is 0.417. The third-order valence-corrected chi connectivity index (χ3v) is 2.42. The third kappa shape index (κ3) is 2.33. The van der Waals surface area contributed by atoms with Crippen molar-refractivity contribution in [3.63, 3.8) is 0 Å². The Morgan fingerprint density at radius 3 is 3.06 bits per heavy atom. The number of oxazole rings is 1. The van der Waals surface area contributed by atoms with Crippen LogP contribution in [0.1, 0.15) is 12.0 Å². The first kappa shape index (κ1) is 11.0. The summed E-state index contributed by atoms with van der Waals surface area (Å²) in [6.45, 7) is 3.57. The van der Waals surface area contributed by atoms with Crippen LogP contribution in [0.5, 0.6) is 0 Å². The number of hydrogen-bond acceptors (Lipinski definition) is 4. The molecule has 0 aliphatic rings. The molecule has 0 unspecified atom stereocenters. The van der Waals surface area contributed by atoms with E-state index in [1.807, 2.05) is 25.1 Å². The quantitative estimate of drug-likeness (QED) is 0.787. The van der Waals surface area contributed by atoms with Crippen LogP contribution in [0.15, 0.2) is 22.6 Å². The molecule has 0 radical (unpaired) electrons. The van der Waals surface area contributed by atoms with Crippen molar-refractivity contribution in [1.82, 2.24) is 4.98 Å². The number of aryl methyl sites for hydroxylation is 1. The molecule has 0 saturated heterocycles. The van der Waals surface area contributed by atoms with Gasteiger partial charge in [-0.2, -0.15) is 4.98 Å². The summed E-state index contributed by atoms with van der Waals surface area (Å²) < 4.78 is 10.5. The number of hydrogen-bond donors (Lipinski definition) is 1. The zero-order chi connectivity index (χ0) is 11.4. The number of aromatic nitrogens is 1. The van der Waals surface area contributed by atoms with Gasteiger partial charge in [0.25, 0.3) is 6.01 Å². The highest BCUT2D eigenvalue weighted by Crippen LogP contribution is 2.21. The van der Waals surface area contributed by atoms with Crippen molar-refractivity contribution in [2.75, 3.05) is 25.6 Å². The van der Waals surface area contributed by atoms with Crippen LogP contribution in [0.4, 0.5) is 6.01 Å². The van der Waals surface area contributed by atoms with E-state index in [-0.39, 0.29) is 0 Å². The maximum absolute atomic E-state index is 5.57. The van der Waals surface area contributed by atoms with Crippen molar-refractivity contribution >= 4 is 17.1 Å². The second-order valence-electron chi connectivity index (χ2n) is 3.71. The van der Waals surface area contributed by atoms with E-state index in [1.165, 1.54) is 0 Å². The Kier molecular flexibility index (Phi) is 3.41. The van der Waals surface area contributed by atoms with Crippen molar-refractivity contribution in [2.24, 2.45) is 0 Å². The highest BCUT2D eigenvalue weighted by atomic mass is 16.5. The van der Waals surface area contributed by atoms with E-state index in [2.05, 4.69) is 10.3 Å². The van der Waals surface area contributed by atoms with Crippen LogP contribution in [0.2, 0.25) is 0 Å². The molecular formula is C12H16N2O2. The summed E-state index contributed by atoms with van der Waals surface area (Å²) in [5.41, 5.74) is 2.89. The van der Waals surface area contributed by atoms with E-state index in [4.69, 9.17) is 9.15 Å². The highest BCUT2D eigenvalue weighted by Gasteiger charge is 2.06. The Labute approximate surface area is 94.6 Å². The summed E-state index contributed by atoms with van der Waals surface area (Å²) in [7, 11) is 1.70. The molecule has 0 aliphatic heterocycles. The molecular weight excluding hydrogens is 204 g/mol. The van der Waals surface area contributed by atoms with E-state index >= 15 is 0 Å². The maximum Gasteiger partial charge on any atom is 0.295 e. The van der Waals surface area contributed by atoms with Crippen LogP contribution in [-0.2, 0) is 4.74 Å². The molecule has 16 heavy (non-hydrogen) atoms. The fourth-order valence-corrected chi connectivity index (χ4v) is 1.57. The Morgan fingerprint density at radius 2 is 2.31 bits per heavy atom. The number of nitrogens with zero attached hydrogens (tertiary/aromatic N) is 1. The van der Waals surface area contributed by atoms with Gasteiger partial charge in [-0.25, -0.2) is 0 Å². The topological polar surface area (TPSA) is 47.3 Å². The van der Waals surface area contributed by atoms with Crippen LogP contribution in [0.25, 0.3) is 11.1 Å². The van der Waals surface area contributed by atoms with E-state index in [0.717, 1.165) is 36.2 Å². The van der Waals surface area contributed by atoms with Gasteiger partial charge in [-0.15, -0.1) is 0 Å². The standard InChI is InChI=1S/C12H16N2O2/c1-9-5-3-6-10-11(9)14-12(16-10)13-7-4-8-15-2/h3,5-6H,4,7-8H2,1-2H3,(H,13,14). The summed E-state index contributed by atoms with van der Waals surface area (Å²) in [6.07, 6.45) is 0.939. The zero-order valence-corrected chi connectivity index (χ0v) is 9.62. The lowest BCUT2D eigenvalue weighted by molar-refractivity contribution is 0.197. The van der Waals surface area contributed by atoms with Crippen LogP contribution in [0.3, 0.4) is 0 Å². The summed E-state index contributed by atoms with van der Waals surface area (Å²) in [4.78, 5) is 4.39. The van der Waals surface area contributed by atoms with Crippen molar-refractivity contribution in [3.8, 4) is 0 Å². The average molecular weight is 220 g/mol. The molecule has 1 N–H and O–H groups in total. The van der Waals surface area contributed by atoms with E-state index < -0.39 is 0 Å². The van der Waals surface area contributed by atoms with Crippen molar-refractivity contribution < 1.29 is 9.15 Å². The highest BCUT2D eigenvalue weighted by molar-refractivity contribution is 5.77. The first-order chi connectivity index (χ1) is 7.81. The number of para-hydroxylation sites is 1. The Bertz CT molecular complexity index is 465. The van der Waals surface area contributed by atoms with Crippen molar-refractivity contribution in [1.29, 1.82) is 0 Å². The molecule has 1 heterocycles. The van der Waals surface area contributed by atoms with Gasteiger partial charge >= 0.3 is 0 Å². The van der Waals surface area contributed by atoms with Crippen LogP contribution in [0, 0.1) is 6.92 Å². The molecule has 0 spiro atoms. The monoisotopic (exact) mass is 220 g/mol. The molecule has 0 bridgehead atoms. The molecule has 4 nitrogen and oxygen atoms in total. The first-order valence-electron chi connectivity index (χ1n) is 5.40. The second-order valence-corrected chi connectivity index (χ2v) is 3.71. The van der Waals surface area contributed by atoms with E-state index in [1.54, 1.807) is 7.11 Å². The summed E-state index contributed by atoms with van der Waals surface area (Å²) in [6, 6.07) is 6.51. The van der Waals surface area contributed by atoms with Gasteiger partial charge in [0, 0.05) is 20.3 Å². The predicted octanol–water partition coefficient (Wildman–Crippen LogP) is 2.58. The molecule has 2 aromatic rings. The van der Waals surface area contributed by atoms with Gasteiger partial charge in [0.2, 0.25) is 0 Å². The Morgan fingerprint density at radius 1 is 1.44 bits per heavy atom. The predicted molar refractivity (Wildman–Crippen MR) is 63.7 cm³/mol. The molecule has 86 valence electrons. The molecule has 0 atom stereocenters. The molecule has 2 rings (SSSR count). The molecule has 0 amide bonds. The Balaban J connectivity index is 2.05. The zero-order valence-electron chi connectivity index (χ0n) is 9.62. The lowest BCUT2D eigenvalue weighted by atomic mass is 10.2. The molecule has 0 saturated carbocycles. The number of fused-ring (bicyclic) bond motifs is 1. The average Bonchev–Trinajstić information content (AvgIpc) is 2.69. The number of methoxy groups -OCH3 is 1. The van der Waals surface area contributed by atoms with E-state index in [0.29, 0.717) is 6.01 Å². The minimum atomic E-state index is 0.584. The van der Waals surface area contributed by atoms with Gasteiger partial charge in [0.05, 0.1) is 0 Å². The van der Waals surface area contributed by atoms with Gasteiger partial charge < -0.3 is 14.5 Å². The van der Waals surface area contributed by atoms with Crippen molar-refractivity contribution in [3.05, 3.63) is 23.8 Å². The number of benzene rings is 1. The lowest BCUT2D eigenvalue weighted by Gasteiger charge is -1.99. The SMILES string of the molecule is COCCCNc1nc2c(C)cccc2o1. The van der Waals surface area contributed by atoms with Gasteiger partial charge in [-0.3, -0.25) is 0 Å². The van der Waals surface area contributed by atoms with E-state index in [9.17, 15) is 0 Å². The molecule has 0 aliphatic carbocycles. The minimum Gasteiger partial charge on any atom is -0.424 e. The van der Waals surface area contributed by atoms with Crippen molar-refractivity contribution in [2.45, 2.75) is 13.3 Å². The number of anilines is 1. The van der Waals surface area contributed by atoms with Gasteiger partial charge in [0.1, 0.15) is 5.52 Å². The molecule has 4 heteroatoms.